The maximum Gasteiger partial charge on any atom is 0.214 e. The number of anilines is 2. The fourth-order valence-corrected chi connectivity index (χ4v) is 3.55. The third-order valence-electron chi connectivity index (χ3n) is 5.20. The Balaban J connectivity index is 1.40. The number of benzene rings is 1. The minimum absolute atomic E-state index is 0.0791. The van der Waals surface area contributed by atoms with Crippen LogP contribution in [0.5, 0.6) is 11.6 Å². The van der Waals surface area contributed by atoms with Crippen LogP contribution in [0.25, 0.3) is 11.0 Å². The molecular formula is C21H21ClFN5O2. The molecule has 0 spiro atoms. The molecule has 3 aromatic rings. The van der Waals surface area contributed by atoms with Gasteiger partial charge in [-0.2, -0.15) is 0 Å². The van der Waals surface area contributed by atoms with Gasteiger partial charge in [-0.1, -0.05) is 11.6 Å². The zero-order valence-electron chi connectivity index (χ0n) is 16.2. The molecule has 2 fully saturated rings. The summed E-state index contributed by atoms with van der Waals surface area (Å²) in [4.78, 5) is 13.0. The van der Waals surface area contributed by atoms with Crippen LogP contribution in [0.3, 0.4) is 0 Å². The molecule has 2 aliphatic rings. The second-order valence-corrected chi connectivity index (χ2v) is 8.02. The van der Waals surface area contributed by atoms with Crippen LogP contribution in [-0.2, 0) is 0 Å². The number of aromatic nitrogens is 3. The van der Waals surface area contributed by atoms with Crippen LogP contribution in [0.1, 0.15) is 19.3 Å². The van der Waals surface area contributed by atoms with E-state index in [4.69, 9.17) is 21.1 Å². The van der Waals surface area contributed by atoms with Gasteiger partial charge in [-0.3, -0.25) is 0 Å². The third-order valence-corrected chi connectivity index (χ3v) is 5.50. The molecule has 9 heteroatoms. The zero-order chi connectivity index (χ0) is 20.5. The summed E-state index contributed by atoms with van der Waals surface area (Å²) in [7, 11) is 0. The molecule has 3 heterocycles. The van der Waals surface area contributed by atoms with E-state index in [0.29, 0.717) is 46.0 Å². The maximum absolute atomic E-state index is 14.7. The van der Waals surface area contributed by atoms with E-state index in [1.807, 2.05) is 6.07 Å². The second-order valence-electron chi connectivity index (χ2n) is 7.61. The maximum atomic E-state index is 14.7. The summed E-state index contributed by atoms with van der Waals surface area (Å²) in [5.74, 6) is 1.27. The van der Waals surface area contributed by atoms with E-state index in [2.05, 4.69) is 25.6 Å². The van der Waals surface area contributed by atoms with Crippen molar-refractivity contribution >= 4 is 34.1 Å². The van der Waals surface area contributed by atoms with Gasteiger partial charge in [0.15, 0.2) is 5.82 Å². The van der Waals surface area contributed by atoms with Crippen molar-refractivity contribution in [3.63, 3.8) is 0 Å². The number of rotatable bonds is 7. The average molecular weight is 430 g/mol. The molecule has 0 unspecified atom stereocenters. The highest BCUT2D eigenvalue weighted by Gasteiger charge is 2.23. The number of halogens is 2. The SMILES string of the molecule is Fc1cc(OCC2CC2)c(Cl)cc1Nc1ncnc2ccc(O[C@H]3CCNC3)nc12. The van der Waals surface area contributed by atoms with Crippen LogP contribution in [0, 0.1) is 11.7 Å². The summed E-state index contributed by atoms with van der Waals surface area (Å²) in [6.45, 7) is 2.27. The van der Waals surface area contributed by atoms with Crippen molar-refractivity contribution in [3.8, 4) is 11.6 Å². The van der Waals surface area contributed by atoms with Crippen LogP contribution in [0.4, 0.5) is 15.9 Å². The Morgan fingerprint density at radius 2 is 2.10 bits per heavy atom. The Labute approximate surface area is 178 Å². The van der Waals surface area contributed by atoms with E-state index >= 15 is 0 Å². The van der Waals surface area contributed by atoms with Crippen LogP contribution in [0.2, 0.25) is 5.02 Å². The lowest BCUT2D eigenvalue weighted by atomic mass is 10.2. The van der Waals surface area contributed by atoms with E-state index in [-0.39, 0.29) is 11.8 Å². The molecule has 1 saturated carbocycles. The summed E-state index contributed by atoms with van der Waals surface area (Å²) >= 11 is 6.30. The number of hydrogen-bond acceptors (Lipinski definition) is 7. The number of ether oxygens (including phenoxy) is 2. The molecule has 30 heavy (non-hydrogen) atoms. The Hall–Kier alpha value is -2.71. The van der Waals surface area contributed by atoms with Gasteiger partial charge in [0.1, 0.15) is 29.5 Å². The number of nitrogens with zero attached hydrogens (tertiary/aromatic N) is 3. The first-order chi connectivity index (χ1) is 14.7. The molecule has 2 aromatic heterocycles. The van der Waals surface area contributed by atoms with E-state index in [9.17, 15) is 4.39 Å². The average Bonchev–Trinajstić information content (AvgIpc) is 3.44. The summed E-state index contributed by atoms with van der Waals surface area (Å²) in [5.41, 5.74) is 1.30. The fourth-order valence-electron chi connectivity index (χ4n) is 3.33. The quantitative estimate of drug-likeness (QED) is 0.585. The minimum atomic E-state index is -0.485. The molecule has 0 amide bonds. The summed E-state index contributed by atoms with van der Waals surface area (Å²) < 4.78 is 26.3. The fraction of sp³-hybridized carbons (Fsp3) is 0.381. The van der Waals surface area contributed by atoms with Gasteiger partial charge in [-0.05, 0) is 43.9 Å². The number of hydrogen-bond donors (Lipinski definition) is 2. The van der Waals surface area contributed by atoms with Crippen molar-refractivity contribution in [2.24, 2.45) is 5.92 Å². The summed E-state index contributed by atoms with van der Waals surface area (Å²) in [5, 5.41) is 6.58. The second kappa shape index (κ2) is 8.20. The van der Waals surface area contributed by atoms with Crippen LogP contribution in [0.15, 0.2) is 30.6 Å². The first-order valence-electron chi connectivity index (χ1n) is 10.0. The molecule has 0 radical (unpaired) electrons. The molecule has 1 aromatic carbocycles. The van der Waals surface area contributed by atoms with E-state index in [1.54, 1.807) is 6.07 Å². The molecule has 1 atom stereocenters. The first-order valence-corrected chi connectivity index (χ1v) is 10.4. The van der Waals surface area contributed by atoms with Gasteiger partial charge in [-0.15, -0.1) is 0 Å². The monoisotopic (exact) mass is 429 g/mol. The Bertz CT molecular complexity index is 1070. The number of fused-ring (bicyclic) bond motifs is 1. The van der Waals surface area contributed by atoms with Gasteiger partial charge in [0.25, 0.3) is 0 Å². The predicted octanol–water partition coefficient (Wildman–Crippen LogP) is 4.09. The van der Waals surface area contributed by atoms with Gasteiger partial charge in [0, 0.05) is 18.7 Å². The van der Waals surface area contributed by atoms with Crippen LogP contribution in [-0.4, -0.2) is 40.8 Å². The van der Waals surface area contributed by atoms with E-state index < -0.39 is 5.82 Å². The lowest BCUT2D eigenvalue weighted by Gasteiger charge is -2.14. The minimum Gasteiger partial charge on any atom is -0.492 e. The van der Waals surface area contributed by atoms with Gasteiger partial charge >= 0.3 is 0 Å². The molecule has 7 nitrogen and oxygen atoms in total. The highest BCUT2D eigenvalue weighted by molar-refractivity contribution is 6.32. The van der Waals surface area contributed by atoms with E-state index in [1.165, 1.54) is 18.5 Å². The predicted molar refractivity (Wildman–Crippen MR) is 112 cm³/mol. The Kier molecular flexibility index (Phi) is 5.26. The first kappa shape index (κ1) is 19.3. The van der Waals surface area contributed by atoms with Gasteiger partial charge in [0.05, 0.1) is 22.8 Å². The largest absolute Gasteiger partial charge is 0.492 e. The van der Waals surface area contributed by atoms with Crippen molar-refractivity contribution in [1.82, 2.24) is 20.3 Å². The Morgan fingerprint density at radius 1 is 1.20 bits per heavy atom. The molecule has 5 rings (SSSR count). The molecule has 1 aliphatic heterocycles. The van der Waals surface area contributed by atoms with Gasteiger partial charge in [-0.25, -0.2) is 19.3 Å². The van der Waals surface area contributed by atoms with Crippen molar-refractivity contribution < 1.29 is 13.9 Å². The highest BCUT2D eigenvalue weighted by atomic mass is 35.5. The van der Waals surface area contributed by atoms with Crippen molar-refractivity contribution in [2.75, 3.05) is 25.0 Å². The summed E-state index contributed by atoms with van der Waals surface area (Å²) in [6, 6.07) is 6.38. The van der Waals surface area contributed by atoms with Gasteiger partial charge in [0.2, 0.25) is 5.88 Å². The molecule has 1 saturated heterocycles. The van der Waals surface area contributed by atoms with Crippen molar-refractivity contribution in [3.05, 3.63) is 41.4 Å². The number of pyridine rings is 1. The zero-order valence-corrected chi connectivity index (χ0v) is 17.0. The topological polar surface area (TPSA) is 81.2 Å². The lowest BCUT2D eigenvalue weighted by Crippen LogP contribution is -2.20. The van der Waals surface area contributed by atoms with E-state index in [0.717, 1.165) is 32.4 Å². The molecule has 1 aliphatic carbocycles. The summed E-state index contributed by atoms with van der Waals surface area (Å²) in [6.07, 6.45) is 4.71. The standard InChI is InChI=1S/C21H21ClFN5O2/c22-14-7-17(15(23)8-18(14)29-10-12-1-2-12)27-21-20-16(25-11-26-21)3-4-19(28-20)30-13-5-6-24-9-13/h3-4,7-8,11-13,24H,1-2,5-6,9-10H2,(H,25,26,27)/t13-/m0/s1. The third kappa shape index (κ3) is 4.24. The Morgan fingerprint density at radius 3 is 2.90 bits per heavy atom. The molecule has 0 bridgehead atoms. The lowest BCUT2D eigenvalue weighted by molar-refractivity contribution is 0.215. The van der Waals surface area contributed by atoms with Crippen LogP contribution < -0.4 is 20.1 Å². The molecular weight excluding hydrogens is 409 g/mol. The smallest absolute Gasteiger partial charge is 0.214 e. The normalized spacial score (nSPS) is 18.5. The molecule has 2 N–H and O–H groups in total. The molecule has 156 valence electrons. The van der Waals surface area contributed by atoms with Crippen molar-refractivity contribution in [2.45, 2.75) is 25.4 Å². The van der Waals surface area contributed by atoms with Crippen molar-refractivity contribution in [1.29, 1.82) is 0 Å². The van der Waals surface area contributed by atoms with Crippen LogP contribution >= 0.6 is 11.6 Å². The highest BCUT2D eigenvalue weighted by Crippen LogP contribution is 2.35. The number of nitrogens with one attached hydrogen (secondary N) is 2. The van der Waals surface area contributed by atoms with Gasteiger partial charge < -0.3 is 20.1 Å².